The van der Waals surface area contributed by atoms with E-state index in [1.165, 1.54) is 4.01 Å². The topological polar surface area (TPSA) is 17.1 Å². The molecule has 0 saturated carbocycles. The number of hydrogen-bond donors (Lipinski definition) is 0. The molecule has 0 aliphatic heterocycles. The summed E-state index contributed by atoms with van der Waals surface area (Å²) < 4.78 is 2.29. The highest BCUT2D eigenvalue weighted by Gasteiger charge is 2.05. The van der Waals surface area contributed by atoms with Crippen LogP contribution in [0, 0.1) is 0 Å². The molecule has 0 amide bonds. The Kier molecular flexibility index (Phi) is 1.83. The van der Waals surface area contributed by atoms with Crippen molar-refractivity contribution in [1.29, 1.82) is 0 Å². The van der Waals surface area contributed by atoms with E-state index < -0.39 is 0 Å². The highest BCUT2D eigenvalue weighted by molar-refractivity contribution is 9.11. The van der Waals surface area contributed by atoms with Crippen molar-refractivity contribution in [3.8, 4) is 0 Å². The lowest BCUT2D eigenvalue weighted by atomic mass is 10.3. The van der Waals surface area contributed by atoms with Crippen molar-refractivity contribution in [1.82, 2.24) is 0 Å². The summed E-state index contributed by atoms with van der Waals surface area (Å²) in [4.78, 5) is 10.5. The third kappa shape index (κ3) is 1.15. The average Bonchev–Trinajstić information content (AvgIpc) is 2.45. The summed E-state index contributed by atoms with van der Waals surface area (Å²) in [6.45, 7) is 0. The minimum atomic E-state index is 0.798. The van der Waals surface area contributed by atoms with Gasteiger partial charge < -0.3 is 0 Å². The molecule has 0 spiro atoms. The summed E-state index contributed by atoms with van der Waals surface area (Å²) in [5.41, 5.74) is 0.798. The van der Waals surface area contributed by atoms with E-state index in [1.807, 2.05) is 11.4 Å². The highest BCUT2D eigenvalue weighted by atomic mass is 79.9. The number of thiophene rings is 2. The second-order valence-corrected chi connectivity index (χ2v) is 5.63. The minimum absolute atomic E-state index is 0.798. The number of fused-ring (bicyclic) bond motifs is 1. The molecule has 1 nitrogen and oxygen atoms in total. The van der Waals surface area contributed by atoms with Gasteiger partial charge in [0.1, 0.15) is 0 Å². The van der Waals surface area contributed by atoms with E-state index in [0.717, 1.165) is 21.0 Å². The summed E-state index contributed by atoms with van der Waals surface area (Å²) in [6.07, 6.45) is 0.901. The molecule has 2 aromatic rings. The summed E-state index contributed by atoms with van der Waals surface area (Å²) in [5.74, 6) is 0. The van der Waals surface area contributed by atoms with Crippen LogP contribution in [-0.2, 0) is 0 Å². The first-order valence-electron chi connectivity index (χ1n) is 2.93. The van der Waals surface area contributed by atoms with Crippen molar-refractivity contribution in [3.63, 3.8) is 0 Å². The molecule has 2 heterocycles. The van der Waals surface area contributed by atoms with E-state index >= 15 is 0 Å². The normalized spacial score (nSPS) is 10.6. The van der Waals surface area contributed by atoms with Gasteiger partial charge >= 0.3 is 0 Å². The molecule has 0 aliphatic rings. The van der Waals surface area contributed by atoms with E-state index in [-0.39, 0.29) is 0 Å². The third-order valence-electron chi connectivity index (χ3n) is 1.40. The van der Waals surface area contributed by atoms with Gasteiger partial charge in [-0.3, -0.25) is 4.79 Å². The summed E-state index contributed by atoms with van der Waals surface area (Å²) >= 11 is 6.66. The zero-order chi connectivity index (χ0) is 7.84. The van der Waals surface area contributed by atoms with Crippen LogP contribution in [0.1, 0.15) is 10.4 Å². The summed E-state index contributed by atoms with van der Waals surface area (Å²) in [6, 6.07) is 1.99. The monoisotopic (exact) mass is 246 g/mol. The van der Waals surface area contributed by atoms with E-state index in [2.05, 4.69) is 15.9 Å². The van der Waals surface area contributed by atoms with Crippen LogP contribution in [0.2, 0.25) is 0 Å². The molecule has 4 heteroatoms. The Morgan fingerprint density at radius 3 is 3.09 bits per heavy atom. The minimum Gasteiger partial charge on any atom is -0.298 e. The Hall–Kier alpha value is -0.190. The van der Waals surface area contributed by atoms with Gasteiger partial charge in [-0.15, -0.1) is 22.7 Å². The summed E-state index contributed by atoms with van der Waals surface area (Å²) in [5, 5.41) is 2.96. The quantitative estimate of drug-likeness (QED) is 0.704. The predicted molar refractivity (Wildman–Crippen MR) is 52.8 cm³/mol. The Balaban J connectivity index is 2.83. The van der Waals surface area contributed by atoms with Gasteiger partial charge in [0.05, 0.1) is 7.80 Å². The fraction of sp³-hybridized carbons (Fsp3) is 0. The molecule has 11 heavy (non-hydrogen) atoms. The molecule has 2 rings (SSSR count). The molecule has 56 valence electrons. The molecule has 0 saturated heterocycles. The largest absolute Gasteiger partial charge is 0.298 e. The first-order chi connectivity index (χ1) is 5.31. The first-order valence-corrected chi connectivity index (χ1v) is 5.42. The van der Waals surface area contributed by atoms with E-state index in [4.69, 9.17) is 0 Å². The molecular formula is C7H3BrOS2. The standard InChI is InChI=1S/C7H3BrOS2/c8-6-1-5-4(2-9)3-10-7(5)11-6/h1-3H. The van der Waals surface area contributed by atoms with Crippen LogP contribution in [0.4, 0.5) is 0 Å². The fourth-order valence-corrected chi connectivity index (χ4v) is 3.91. The van der Waals surface area contributed by atoms with Gasteiger partial charge in [0.2, 0.25) is 0 Å². The van der Waals surface area contributed by atoms with Crippen molar-refractivity contribution in [2.45, 2.75) is 0 Å². The van der Waals surface area contributed by atoms with E-state index in [9.17, 15) is 4.79 Å². The smallest absolute Gasteiger partial charge is 0.151 e. The average molecular weight is 247 g/mol. The molecule has 0 fully saturated rings. The summed E-state index contributed by atoms with van der Waals surface area (Å²) in [7, 11) is 0. The lowest BCUT2D eigenvalue weighted by molar-refractivity contribution is 0.112. The zero-order valence-electron chi connectivity index (χ0n) is 5.33. The van der Waals surface area contributed by atoms with Gasteiger partial charge in [-0.1, -0.05) is 0 Å². The van der Waals surface area contributed by atoms with Crippen molar-refractivity contribution < 1.29 is 4.79 Å². The predicted octanol–water partition coefficient (Wildman–Crippen LogP) is 3.54. The lowest BCUT2D eigenvalue weighted by Gasteiger charge is -1.76. The number of carbonyl (C=O) groups excluding carboxylic acids is 1. The van der Waals surface area contributed by atoms with Gasteiger partial charge in [-0.25, -0.2) is 0 Å². The molecule has 2 aromatic heterocycles. The fourth-order valence-electron chi connectivity index (χ4n) is 0.906. The number of hydrogen-bond acceptors (Lipinski definition) is 3. The van der Waals surface area contributed by atoms with Crippen LogP contribution in [0.5, 0.6) is 0 Å². The van der Waals surface area contributed by atoms with Gasteiger partial charge in [0.25, 0.3) is 0 Å². The van der Waals surface area contributed by atoms with Crippen molar-refractivity contribution in [3.05, 3.63) is 20.8 Å². The third-order valence-corrected chi connectivity index (χ3v) is 4.18. The van der Waals surface area contributed by atoms with Gasteiger partial charge in [-0.05, 0) is 22.0 Å². The lowest BCUT2D eigenvalue weighted by Crippen LogP contribution is -1.69. The number of carbonyl (C=O) groups is 1. The molecule has 0 aliphatic carbocycles. The SMILES string of the molecule is O=Cc1csc2sc(Br)cc12. The maximum atomic E-state index is 10.5. The number of aldehydes is 1. The second kappa shape index (κ2) is 2.69. The Bertz CT molecular complexity index is 401. The Morgan fingerprint density at radius 2 is 2.36 bits per heavy atom. The van der Waals surface area contributed by atoms with Crippen LogP contribution in [0.3, 0.4) is 0 Å². The molecule has 0 unspecified atom stereocenters. The van der Waals surface area contributed by atoms with E-state index in [0.29, 0.717) is 0 Å². The number of rotatable bonds is 1. The maximum absolute atomic E-state index is 10.5. The highest BCUT2D eigenvalue weighted by Crippen LogP contribution is 2.35. The Labute approximate surface area is 79.8 Å². The van der Waals surface area contributed by atoms with Crippen LogP contribution >= 0.6 is 38.6 Å². The van der Waals surface area contributed by atoms with Gasteiger partial charge in [-0.2, -0.15) is 0 Å². The molecule has 0 N–H and O–H groups in total. The van der Waals surface area contributed by atoms with Crippen LogP contribution in [-0.4, -0.2) is 6.29 Å². The molecule has 0 radical (unpaired) electrons. The molecule has 0 aromatic carbocycles. The number of halogens is 1. The van der Waals surface area contributed by atoms with Gasteiger partial charge in [0.15, 0.2) is 6.29 Å². The van der Waals surface area contributed by atoms with Crippen LogP contribution < -0.4 is 0 Å². The zero-order valence-corrected chi connectivity index (χ0v) is 8.55. The van der Waals surface area contributed by atoms with E-state index in [1.54, 1.807) is 22.7 Å². The molecular weight excluding hydrogens is 244 g/mol. The van der Waals surface area contributed by atoms with Crippen LogP contribution in [0.25, 0.3) is 9.40 Å². The molecule has 0 atom stereocenters. The van der Waals surface area contributed by atoms with Crippen LogP contribution in [0.15, 0.2) is 15.2 Å². The van der Waals surface area contributed by atoms with Crippen molar-refractivity contribution in [2.75, 3.05) is 0 Å². The molecule has 0 bridgehead atoms. The first kappa shape index (κ1) is 7.46. The maximum Gasteiger partial charge on any atom is 0.151 e. The Morgan fingerprint density at radius 1 is 1.55 bits per heavy atom. The van der Waals surface area contributed by atoms with Crippen molar-refractivity contribution in [2.24, 2.45) is 0 Å². The second-order valence-electron chi connectivity index (χ2n) is 2.06. The van der Waals surface area contributed by atoms with Crippen molar-refractivity contribution >= 4 is 54.3 Å². The van der Waals surface area contributed by atoms with Gasteiger partial charge in [0, 0.05) is 16.3 Å².